The van der Waals surface area contributed by atoms with Crippen LogP contribution in [0.25, 0.3) is 5.69 Å². The van der Waals surface area contributed by atoms with Crippen molar-refractivity contribution in [3.8, 4) is 11.8 Å². The number of hydrogen-bond acceptors (Lipinski definition) is 4. The summed E-state index contributed by atoms with van der Waals surface area (Å²) in [7, 11) is 1.83. The molecule has 19 heavy (non-hydrogen) atoms. The van der Waals surface area contributed by atoms with Gasteiger partial charge in [0.1, 0.15) is 23.3 Å². The minimum atomic E-state index is -0.333. The van der Waals surface area contributed by atoms with Crippen molar-refractivity contribution in [1.82, 2.24) is 9.78 Å². The maximum Gasteiger partial charge on any atom is 0.171 e. The third kappa shape index (κ3) is 2.22. The van der Waals surface area contributed by atoms with Gasteiger partial charge in [0.15, 0.2) is 5.82 Å². The van der Waals surface area contributed by atoms with Gasteiger partial charge in [-0.15, -0.1) is 5.10 Å². The Morgan fingerprint density at radius 1 is 1.42 bits per heavy atom. The molecule has 0 bridgehead atoms. The molecule has 0 atom stereocenters. The third-order valence-electron chi connectivity index (χ3n) is 2.92. The molecule has 0 saturated heterocycles. The Labute approximate surface area is 110 Å². The predicted octanol–water partition coefficient (Wildman–Crippen LogP) is 1.92. The van der Waals surface area contributed by atoms with E-state index in [1.165, 1.54) is 16.8 Å². The molecule has 0 fully saturated rings. The van der Waals surface area contributed by atoms with E-state index >= 15 is 0 Å². The van der Waals surface area contributed by atoms with Crippen LogP contribution in [0.2, 0.25) is 0 Å². The van der Waals surface area contributed by atoms with E-state index in [1.54, 1.807) is 12.1 Å². The summed E-state index contributed by atoms with van der Waals surface area (Å²) in [5.74, 6) is 0.442. The van der Waals surface area contributed by atoms with Crippen molar-refractivity contribution >= 4 is 11.6 Å². The number of nitrogens with two attached hydrogens (primary N) is 1. The van der Waals surface area contributed by atoms with Gasteiger partial charge in [0.25, 0.3) is 0 Å². The second-order valence-electron chi connectivity index (χ2n) is 4.10. The number of aromatic nitrogens is 2. The quantitative estimate of drug-likeness (QED) is 0.914. The predicted molar refractivity (Wildman–Crippen MR) is 71.6 cm³/mol. The molecule has 5 nitrogen and oxygen atoms in total. The van der Waals surface area contributed by atoms with Gasteiger partial charge in [0, 0.05) is 13.6 Å². The normalized spacial score (nSPS) is 10.2. The third-order valence-corrected chi connectivity index (χ3v) is 2.92. The van der Waals surface area contributed by atoms with Gasteiger partial charge in [-0.2, -0.15) is 5.26 Å². The molecule has 6 heteroatoms. The molecule has 0 radical (unpaired) electrons. The first kappa shape index (κ1) is 12.9. The fourth-order valence-corrected chi connectivity index (χ4v) is 1.72. The Hall–Kier alpha value is -2.55. The second-order valence-corrected chi connectivity index (χ2v) is 4.10. The SMILES string of the molecule is CCN(C)c1nn(-c2ccc(F)cc2)c(N)c1C#N. The average Bonchev–Trinajstić information content (AvgIpc) is 2.76. The van der Waals surface area contributed by atoms with Crippen molar-refractivity contribution in [3.63, 3.8) is 0 Å². The summed E-state index contributed by atoms with van der Waals surface area (Å²) in [4.78, 5) is 1.83. The van der Waals surface area contributed by atoms with Crippen LogP contribution in [0.1, 0.15) is 12.5 Å². The Morgan fingerprint density at radius 3 is 2.58 bits per heavy atom. The Balaban J connectivity index is 2.56. The van der Waals surface area contributed by atoms with Gasteiger partial charge in [0.2, 0.25) is 0 Å². The van der Waals surface area contributed by atoms with Gasteiger partial charge in [-0.05, 0) is 31.2 Å². The van der Waals surface area contributed by atoms with E-state index in [-0.39, 0.29) is 11.6 Å². The molecular weight excluding hydrogens is 245 g/mol. The molecule has 0 amide bonds. The number of rotatable bonds is 3. The van der Waals surface area contributed by atoms with Crippen molar-refractivity contribution in [3.05, 3.63) is 35.6 Å². The smallest absolute Gasteiger partial charge is 0.171 e. The zero-order valence-electron chi connectivity index (χ0n) is 10.8. The first-order valence-electron chi connectivity index (χ1n) is 5.84. The van der Waals surface area contributed by atoms with E-state index in [9.17, 15) is 9.65 Å². The van der Waals surface area contributed by atoms with Crippen LogP contribution in [-0.2, 0) is 0 Å². The summed E-state index contributed by atoms with van der Waals surface area (Å²) in [5.41, 5.74) is 6.88. The molecule has 1 aromatic carbocycles. The second kappa shape index (κ2) is 4.98. The first-order chi connectivity index (χ1) is 9.08. The van der Waals surface area contributed by atoms with Crippen LogP contribution in [-0.4, -0.2) is 23.4 Å². The molecule has 0 aliphatic carbocycles. The summed E-state index contributed by atoms with van der Waals surface area (Å²) in [6, 6.07) is 7.84. The maximum absolute atomic E-state index is 12.9. The van der Waals surface area contributed by atoms with Crippen LogP contribution in [0.5, 0.6) is 0 Å². The van der Waals surface area contributed by atoms with Crippen molar-refractivity contribution in [2.45, 2.75) is 6.92 Å². The minimum Gasteiger partial charge on any atom is -0.382 e. The van der Waals surface area contributed by atoms with Crippen LogP contribution in [0, 0.1) is 17.1 Å². The van der Waals surface area contributed by atoms with Crippen molar-refractivity contribution < 1.29 is 4.39 Å². The lowest BCUT2D eigenvalue weighted by atomic mass is 10.3. The molecule has 0 saturated carbocycles. The summed E-state index contributed by atoms with van der Waals surface area (Å²) < 4.78 is 14.4. The van der Waals surface area contributed by atoms with Crippen molar-refractivity contribution in [2.24, 2.45) is 0 Å². The number of hydrogen-bond donors (Lipinski definition) is 1. The zero-order valence-corrected chi connectivity index (χ0v) is 10.8. The van der Waals surface area contributed by atoms with Gasteiger partial charge in [-0.25, -0.2) is 9.07 Å². The monoisotopic (exact) mass is 259 g/mol. The molecule has 0 aliphatic heterocycles. The molecule has 2 N–H and O–H groups in total. The summed E-state index contributed by atoms with van der Waals surface area (Å²) in [6.45, 7) is 2.66. The van der Waals surface area contributed by atoms with Gasteiger partial charge < -0.3 is 10.6 Å². The molecule has 0 aliphatic rings. The van der Waals surface area contributed by atoms with Crippen LogP contribution in [0.4, 0.5) is 16.0 Å². The molecule has 1 aromatic heterocycles. The highest BCUT2D eigenvalue weighted by molar-refractivity contribution is 5.66. The Kier molecular flexibility index (Phi) is 3.38. The molecule has 98 valence electrons. The van der Waals surface area contributed by atoms with Gasteiger partial charge in [-0.1, -0.05) is 0 Å². The molecule has 1 heterocycles. The van der Waals surface area contributed by atoms with E-state index in [0.29, 0.717) is 23.6 Å². The number of halogens is 1. The molecule has 2 aromatic rings. The van der Waals surface area contributed by atoms with Crippen molar-refractivity contribution in [2.75, 3.05) is 24.2 Å². The van der Waals surface area contributed by atoms with Crippen molar-refractivity contribution in [1.29, 1.82) is 5.26 Å². The van der Waals surface area contributed by atoms with Crippen LogP contribution < -0.4 is 10.6 Å². The van der Waals surface area contributed by atoms with Gasteiger partial charge >= 0.3 is 0 Å². The minimum absolute atomic E-state index is 0.254. The first-order valence-corrected chi connectivity index (χ1v) is 5.84. The van der Waals surface area contributed by atoms with Crippen LogP contribution >= 0.6 is 0 Å². The van der Waals surface area contributed by atoms with E-state index < -0.39 is 0 Å². The highest BCUT2D eigenvalue weighted by Gasteiger charge is 2.18. The van der Waals surface area contributed by atoms with Crippen LogP contribution in [0.15, 0.2) is 24.3 Å². The lowest BCUT2D eigenvalue weighted by molar-refractivity contribution is 0.627. The lowest BCUT2D eigenvalue weighted by Crippen LogP contribution is -2.17. The number of anilines is 2. The zero-order chi connectivity index (χ0) is 14.0. The molecule has 2 rings (SSSR count). The summed E-state index contributed by atoms with van der Waals surface area (Å²) in [5, 5.41) is 13.5. The molecule has 0 unspecified atom stereocenters. The van der Waals surface area contributed by atoms with E-state index in [4.69, 9.17) is 5.73 Å². The topological polar surface area (TPSA) is 70.9 Å². The number of nitriles is 1. The fourth-order valence-electron chi connectivity index (χ4n) is 1.72. The summed E-state index contributed by atoms with van der Waals surface area (Å²) in [6.07, 6.45) is 0. The highest BCUT2D eigenvalue weighted by Crippen LogP contribution is 2.26. The Morgan fingerprint density at radius 2 is 2.05 bits per heavy atom. The van der Waals surface area contributed by atoms with Gasteiger partial charge in [-0.3, -0.25) is 0 Å². The summed E-state index contributed by atoms with van der Waals surface area (Å²) >= 11 is 0. The standard InChI is InChI=1S/C13H14FN5/c1-3-18(2)13-11(8-15)12(16)19(17-13)10-6-4-9(14)5-7-10/h4-7H,3,16H2,1-2H3. The number of benzene rings is 1. The number of nitrogen functional groups attached to an aromatic ring is 1. The molecular formula is C13H14FN5. The Bertz CT molecular complexity index is 624. The average molecular weight is 259 g/mol. The number of nitrogens with zero attached hydrogens (tertiary/aromatic N) is 4. The highest BCUT2D eigenvalue weighted by atomic mass is 19.1. The molecule has 0 spiro atoms. The lowest BCUT2D eigenvalue weighted by Gasteiger charge is -2.12. The van der Waals surface area contributed by atoms with E-state index in [1.807, 2.05) is 18.9 Å². The van der Waals surface area contributed by atoms with E-state index in [0.717, 1.165) is 0 Å². The largest absolute Gasteiger partial charge is 0.382 e. The van der Waals surface area contributed by atoms with Gasteiger partial charge in [0.05, 0.1) is 5.69 Å². The maximum atomic E-state index is 12.9. The van der Waals surface area contributed by atoms with E-state index in [2.05, 4.69) is 11.2 Å². The fraction of sp³-hybridized carbons (Fsp3) is 0.231. The van der Waals surface area contributed by atoms with Crippen LogP contribution in [0.3, 0.4) is 0 Å².